The Morgan fingerprint density at radius 3 is 2.44 bits per heavy atom. The average Bonchev–Trinajstić information content (AvgIpc) is 3.21. The van der Waals surface area contributed by atoms with Crippen molar-refractivity contribution in [3.05, 3.63) is 29.8 Å². The molecule has 0 N–H and O–H groups in total. The van der Waals surface area contributed by atoms with E-state index in [1.165, 1.54) is 19.3 Å². The minimum atomic E-state index is 0.549. The Labute approximate surface area is 161 Å². The van der Waals surface area contributed by atoms with Gasteiger partial charge in [-0.3, -0.25) is 4.90 Å². The zero-order chi connectivity index (χ0) is 18.8. The van der Waals surface area contributed by atoms with Gasteiger partial charge >= 0.3 is 0 Å². The highest BCUT2D eigenvalue weighted by atomic mass is 15.4. The maximum Gasteiger partial charge on any atom is 0.225 e. The van der Waals surface area contributed by atoms with Crippen LogP contribution < -0.4 is 4.90 Å². The minimum Gasteiger partial charge on any atom is -0.332 e. The van der Waals surface area contributed by atoms with E-state index < -0.39 is 0 Å². The molecule has 0 spiro atoms. The van der Waals surface area contributed by atoms with Crippen LogP contribution in [0.25, 0.3) is 0 Å². The highest BCUT2D eigenvalue weighted by Crippen LogP contribution is 2.33. The molecule has 7 heteroatoms. The summed E-state index contributed by atoms with van der Waals surface area (Å²) < 4.78 is 1.88. The SMILES string of the molecule is CCCCc1cn(Cc2cnc(N3C4CCC3CN(C(C)C)C4)nc2)nn1. The molecule has 2 aromatic rings. The van der Waals surface area contributed by atoms with Crippen molar-refractivity contribution in [3.63, 3.8) is 0 Å². The first-order valence-corrected chi connectivity index (χ1v) is 10.4. The fourth-order valence-corrected chi connectivity index (χ4v) is 4.32. The molecular weight excluding hydrogens is 338 g/mol. The predicted octanol–water partition coefficient (Wildman–Crippen LogP) is 2.52. The van der Waals surface area contributed by atoms with E-state index >= 15 is 0 Å². The largest absolute Gasteiger partial charge is 0.332 e. The maximum absolute atomic E-state index is 4.70. The number of aromatic nitrogens is 5. The molecule has 27 heavy (non-hydrogen) atoms. The third kappa shape index (κ3) is 3.98. The smallest absolute Gasteiger partial charge is 0.225 e. The predicted molar refractivity (Wildman–Crippen MR) is 106 cm³/mol. The summed E-state index contributed by atoms with van der Waals surface area (Å²) in [5.41, 5.74) is 2.13. The van der Waals surface area contributed by atoms with Gasteiger partial charge in [-0.15, -0.1) is 5.10 Å². The Bertz CT molecular complexity index is 725. The van der Waals surface area contributed by atoms with Crippen molar-refractivity contribution < 1.29 is 0 Å². The van der Waals surface area contributed by atoms with Crippen molar-refractivity contribution in [2.45, 2.75) is 77.5 Å². The van der Waals surface area contributed by atoms with Crippen molar-refractivity contribution in [2.24, 2.45) is 0 Å². The van der Waals surface area contributed by atoms with Crippen molar-refractivity contribution in [2.75, 3.05) is 18.0 Å². The van der Waals surface area contributed by atoms with Crippen molar-refractivity contribution >= 4 is 5.95 Å². The number of aryl methyl sites for hydroxylation is 1. The van der Waals surface area contributed by atoms with Gasteiger partial charge in [0.25, 0.3) is 0 Å². The van der Waals surface area contributed by atoms with Crippen LogP contribution in [0.15, 0.2) is 18.6 Å². The maximum atomic E-state index is 4.70. The van der Waals surface area contributed by atoms with Gasteiger partial charge < -0.3 is 4.90 Å². The summed E-state index contributed by atoms with van der Waals surface area (Å²) in [5.74, 6) is 0.886. The normalized spacial score (nSPS) is 22.7. The molecule has 2 aliphatic heterocycles. The third-order valence-electron chi connectivity index (χ3n) is 5.88. The fourth-order valence-electron chi connectivity index (χ4n) is 4.32. The zero-order valence-electron chi connectivity index (χ0n) is 16.8. The van der Waals surface area contributed by atoms with E-state index in [0.29, 0.717) is 24.7 Å². The molecule has 0 aliphatic carbocycles. The van der Waals surface area contributed by atoms with Crippen LogP contribution in [0.2, 0.25) is 0 Å². The van der Waals surface area contributed by atoms with Gasteiger partial charge in [0, 0.05) is 55.4 Å². The Kier molecular flexibility index (Phi) is 5.38. The molecule has 2 saturated heterocycles. The molecule has 4 rings (SSSR count). The minimum absolute atomic E-state index is 0.549. The van der Waals surface area contributed by atoms with Crippen molar-refractivity contribution in [1.82, 2.24) is 29.9 Å². The van der Waals surface area contributed by atoms with Crippen molar-refractivity contribution in [1.29, 1.82) is 0 Å². The van der Waals surface area contributed by atoms with Crippen LogP contribution in [0.3, 0.4) is 0 Å². The number of fused-ring (bicyclic) bond motifs is 2. The Morgan fingerprint density at radius 2 is 1.81 bits per heavy atom. The van der Waals surface area contributed by atoms with Gasteiger partial charge in [0.05, 0.1) is 12.2 Å². The number of likely N-dealkylation sites (tertiary alicyclic amines) is 1. The van der Waals surface area contributed by atoms with Crippen LogP contribution in [0.4, 0.5) is 5.95 Å². The molecule has 2 fully saturated rings. The molecule has 0 radical (unpaired) electrons. The van der Waals surface area contributed by atoms with Crippen LogP contribution in [-0.4, -0.2) is 61.1 Å². The summed E-state index contributed by atoms with van der Waals surface area (Å²) in [6.07, 6.45) is 11.8. The molecular formula is C20H31N7. The Hall–Kier alpha value is -2.02. The monoisotopic (exact) mass is 369 g/mol. The summed E-state index contributed by atoms with van der Waals surface area (Å²) in [6.45, 7) is 9.69. The van der Waals surface area contributed by atoms with Crippen molar-refractivity contribution in [3.8, 4) is 0 Å². The molecule has 2 aromatic heterocycles. The number of piperazine rings is 1. The van der Waals surface area contributed by atoms with Gasteiger partial charge in [-0.25, -0.2) is 14.6 Å². The van der Waals surface area contributed by atoms with Gasteiger partial charge in [0.15, 0.2) is 0 Å². The molecule has 2 atom stereocenters. The lowest BCUT2D eigenvalue weighted by Gasteiger charge is -2.42. The number of unbranched alkanes of at least 4 members (excludes halogenated alkanes) is 1. The molecule has 0 amide bonds. The molecule has 2 aliphatic rings. The second kappa shape index (κ2) is 7.92. The highest BCUT2D eigenvalue weighted by Gasteiger charge is 2.41. The second-order valence-corrected chi connectivity index (χ2v) is 8.24. The lowest BCUT2D eigenvalue weighted by molar-refractivity contribution is 0.176. The number of hydrogen-bond acceptors (Lipinski definition) is 6. The third-order valence-corrected chi connectivity index (χ3v) is 5.88. The Balaban J connectivity index is 1.40. The molecule has 146 valence electrons. The summed E-state index contributed by atoms with van der Waals surface area (Å²) in [5, 5.41) is 8.48. The summed E-state index contributed by atoms with van der Waals surface area (Å²) in [4.78, 5) is 14.5. The first kappa shape index (κ1) is 18.3. The highest BCUT2D eigenvalue weighted by molar-refractivity contribution is 5.37. The van der Waals surface area contributed by atoms with Crippen LogP contribution in [0, 0.1) is 0 Å². The second-order valence-electron chi connectivity index (χ2n) is 8.24. The number of hydrogen-bond donors (Lipinski definition) is 0. The van der Waals surface area contributed by atoms with E-state index in [1.807, 2.05) is 23.3 Å². The molecule has 7 nitrogen and oxygen atoms in total. The topological polar surface area (TPSA) is 63.0 Å². The van der Waals surface area contributed by atoms with Crippen LogP contribution >= 0.6 is 0 Å². The number of rotatable bonds is 7. The van der Waals surface area contributed by atoms with E-state index in [4.69, 9.17) is 9.97 Å². The van der Waals surface area contributed by atoms with Crippen LogP contribution in [0.5, 0.6) is 0 Å². The summed E-state index contributed by atoms with van der Waals surface area (Å²) >= 11 is 0. The van der Waals surface area contributed by atoms with Gasteiger partial charge in [-0.05, 0) is 39.5 Å². The lowest BCUT2D eigenvalue weighted by Crippen LogP contribution is -2.56. The van der Waals surface area contributed by atoms with Gasteiger partial charge in [-0.1, -0.05) is 18.6 Å². The Morgan fingerprint density at radius 1 is 1.11 bits per heavy atom. The van der Waals surface area contributed by atoms with Crippen LogP contribution in [0.1, 0.15) is 57.7 Å². The quantitative estimate of drug-likeness (QED) is 0.747. The molecule has 0 saturated carbocycles. The molecule has 4 heterocycles. The fraction of sp³-hybridized carbons (Fsp3) is 0.700. The van der Waals surface area contributed by atoms with E-state index in [0.717, 1.165) is 43.1 Å². The molecule has 2 unspecified atom stereocenters. The van der Waals surface area contributed by atoms with Gasteiger partial charge in [0.1, 0.15) is 0 Å². The number of nitrogens with zero attached hydrogens (tertiary/aromatic N) is 7. The van der Waals surface area contributed by atoms with E-state index in [2.05, 4.69) is 40.9 Å². The summed E-state index contributed by atoms with van der Waals surface area (Å²) in [6, 6.07) is 1.71. The van der Waals surface area contributed by atoms with Gasteiger partial charge in [0.2, 0.25) is 5.95 Å². The standard InChI is InChI=1S/C20H31N7/c1-4-5-6-17-12-26(24-23-17)11-16-9-21-20(22-10-16)27-18-7-8-19(27)14-25(13-18)15(2)3/h9-10,12,15,18-19H,4-8,11,13-14H2,1-3H3. The van der Waals surface area contributed by atoms with E-state index in [1.54, 1.807) is 0 Å². The van der Waals surface area contributed by atoms with E-state index in [-0.39, 0.29) is 0 Å². The zero-order valence-corrected chi connectivity index (χ0v) is 16.8. The molecule has 2 bridgehead atoms. The lowest BCUT2D eigenvalue weighted by atomic mass is 10.1. The first-order valence-electron chi connectivity index (χ1n) is 10.4. The average molecular weight is 370 g/mol. The van der Waals surface area contributed by atoms with Gasteiger partial charge in [-0.2, -0.15) is 0 Å². The van der Waals surface area contributed by atoms with E-state index in [9.17, 15) is 0 Å². The number of anilines is 1. The van der Waals surface area contributed by atoms with Crippen LogP contribution in [-0.2, 0) is 13.0 Å². The molecule has 0 aromatic carbocycles. The first-order chi connectivity index (χ1) is 13.1. The summed E-state index contributed by atoms with van der Waals surface area (Å²) in [7, 11) is 0.